The highest BCUT2D eigenvalue weighted by molar-refractivity contribution is 5.96. The Hall–Kier alpha value is -3.45. The Bertz CT molecular complexity index is 1040. The molecule has 0 saturated heterocycles. The van der Waals surface area contributed by atoms with Crippen molar-refractivity contribution < 1.29 is 0 Å². The van der Waals surface area contributed by atoms with Crippen molar-refractivity contribution in [2.24, 2.45) is 12.2 Å². The minimum atomic E-state index is 0.245. The predicted molar refractivity (Wildman–Crippen MR) is 79.3 cm³/mol. The molecule has 22 heavy (non-hydrogen) atoms. The number of fused-ring (bicyclic) bond motifs is 3. The van der Waals surface area contributed by atoms with Crippen LogP contribution in [0, 0.1) is 0 Å². The molecule has 0 aliphatic heterocycles. The Morgan fingerprint density at radius 3 is 2.77 bits per heavy atom. The van der Waals surface area contributed by atoms with Crippen molar-refractivity contribution in [2.45, 2.75) is 0 Å². The maximum Gasteiger partial charge on any atom is 0.204 e. The van der Waals surface area contributed by atoms with Crippen LogP contribution in [0.4, 0.5) is 5.82 Å². The molecule has 0 atom stereocenters. The number of hydrogen-bond donors (Lipinski definition) is 0. The fraction of sp³-hybridized carbons (Fsp3) is 0.0769. The number of aromatic nitrogens is 6. The van der Waals surface area contributed by atoms with Crippen molar-refractivity contribution in [2.75, 3.05) is 0 Å². The van der Waals surface area contributed by atoms with E-state index in [9.17, 15) is 0 Å². The third-order valence-electron chi connectivity index (χ3n) is 3.40. The lowest BCUT2D eigenvalue weighted by Crippen LogP contribution is -1.98. The Morgan fingerprint density at radius 2 is 2.00 bits per heavy atom. The van der Waals surface area contributed by atoms with Crippen molar-refractivity contribution in [1.29, 1.82) is 0 Å². The molecular weight excluding hydrogens is 282 g/mol. The van der Waals surface area contributed by atoms with E-state index in [1.54, 1.807) is 22.4 Å². The summed E-state index contributed by atoms with van der Waals surface area (Å²) < 4.78 is 3.23. The van der Waals surface area contributed by atoms with Gasteiger partial charge in [-0.15, -0.1) is 10.2 Å². The highest BCUT2D eigenvalue weighted by Gasteiger charge is 2.17. The van der Waals surface area contributed by atoms with Crippen LogP contribution in [0.2, 0.25) is 0 Å². The summed E-state index contributed by atoms with van der Waals surface area (Å²) in [5.74, 6) is 0.822. The lowest BCUT2D eigenvalue weighted by Gasteiger charge is -2.02. The minimum absolute atomic E-state index is 0.245. The van der Waals surface area contributed by atoms with E-state index < -0.39 is 0 Å². The zero-order chi connectivity index (χ0) is 15.1. The van der Waals surface area contributed by atoms with E-state index >= 15 is 0 Å². The molecule has 9 nitrogen and oxygen atoms in total. The highest BCUT2D eigenvalue weighted by Crippen LogP contribution is 2.28. The first-order valence-electron chi connectivity index (χ1n) is 6.47. The first kappa shape index (κ1) is 12.3. The standard InChI is InChI=1S/C13H9N9/c1-21-10-9(7-15-21)11(16-20-14)19-22-12(17-18-13(10)22)8-5-3-2-4-6-8/h2-7H,1H3. The monoisotopic (exact) mass is 291 g/mol. The number of aryl methyl sites for hydroxylation is 1. The second-order valence-corrected chi connectivity index (χ2v) is 4.67. The van der Waals surface area contributed by atoms with Crippen molar-refractivity contribution in [3.05, 3.63) is 47.0 Å². The second-order valence-electron chi connectivity index (χ2n) is 4.67. The largest absolute Gasteiger partial charge is 0.264 e. The highest BCUT2D eigenvalue weighted by atomic mass is 15.4. The number of benzene rings is 1. The first-order chi connectivity index (χ1) is 10.8. The summed E-state index contributed by atoms with van der Waals surface area (Å²) in [5, 5.41) is 21.3. The van der Waals surface area contributed by atoms with Crippen LogP contribution in [-0.2, 0) is 7.05 Å². The van der Waals surface area contributed by atoms with Gasteiger partial charge in [-0.1, -0.05) is 30.3 Å². The maximum absolute atomic E-state index is 8.75. The van der Waals surface area contributed by atoms with Crippen molar-refractivity contribution in [3.8, 4) is 11.4 Å². The molecule has 0 bridgehead atoms. The molecule has 9 heteroatoms. The molecular formula is C13H9N9. The molecule has 3 aromatic heterocycles. The van der Waals surface area contributed by atoms with Gasteiger partial charge in [-0.05, 0) is 10.6 Å². The van der Waals surface area contributed by atoms with E-state index in [0.29, 0.717) is 22.4 Å². The third kappa shape index (κ3) is 1.63. The van der Waals surface area contributed by atoms with Crippen LogP contribution in [0.25, 0.3) is 38.4 Å². The molecule has 3 heterocycles. The van der Waals surface area contributed by atoms with Gasteiger partial charge in [0.15, 0.2) is 11.6 Å². The molecule has 4 rings (SSSR count). The number of azide groups is 1. The van der Waals surface area contributed by atoms with Crippen LogP contribution in [0.5, 0.6) is 0 Å². The molecule has 1 aromatic carbocycles. The molecule has 0 fully saturated rings. The number of hydrogen-bond acceptors (Lipinski definition) is 5. The average Bonchev–Trinajstić information content (AvgIpc) is 3.12. The van der Waals surface area contributed by atoms with E-state index in [1.807, 2.05) is 30.3 Å². The second kappa shape index (κ2) is 4.54. The van der Waals surface area contributed by atoms with Crippen LogP contribution < -0.4 is 0 Å². The van der Waals surface area contributed by atoms with E-state index in [2.05, 4.69) is 30.4 Å². The molecule has 0 aliphatic carbocycles. The van der Waals surface area contributed by atoms with Gasteiger partial charge in [-0.25, -0.2) is 0 Å². The first-order valence-corrected chi connectivity index (χ1v) is 6.47. The Labute approximate surface area is 123 Å². The van der Waals surface area contributed by atoms with E-state index in [0.717, 1.165) is 5.56 Å². The quantitative estimate of drug-likeness (QED) is 0.321. The topological polar surface area (TPSA) is 110 Å². The molecule has 0 spiro atoms. The lowest BCUT2D eigenvalue weighted by atomic mass is 10.2. The normalized spacial score (nSPS) is 11.0. The number of nitrogens with zero attached hydrogens (tertiary/aromatic N) is 9. The number of rotatable bonds is 2. The van der Waals surface area contributed by atoms with Gasteiger partial charge in [0.2, 0.25) is 5.65 Å². The predicted octanol–water partition coefficient (Wildman–Crippen LogP) is 2.62. The molecule has 0 unspecified atom stereocenters. The van der Waals surface area contributed by atoms with Gasteiger partial charge in [0.05, 0.1) is 11.6 Å². The van der Waals surface area contributed by atoms with Crippen LogP contribution >= 0.6 is 0 Å². The summed E-state index contributed by atoms with van der Waals surface area (Å²) in [4.78, 5) is 2.83. The van der Waals surface area contributed by atoms with Gasteiger partial charge in [0.1, 0.15) is 5.52 Å². The molecule has 0 saturated carbocycles. The van der Waals surface area contributed by atoms with Gasteiger partial charge in [-0.2, -0.15) is 14.7 Å². The lowest BCUT2D eigenvalue weighted by molar-refractivity contribution is 0.795. The summed E-state index contributed by atoms with van der Waals surface area (Å²) >= 11 is 0. The van der Waals surface area contributed by atoms with Crippen LogP contribution in [-0.4, -0.2) is 29.6 Å². The zero-order valence-electron chi connectivity index (χ0n) is 11.5. The smallest absolute Gasteiger partial charge is 0.204 e. The van der Waals surface area contributed by atoms with Crippen molar-refractivity contribution >= 4 is 22.4 Å². The van der Waals surface area contributed by atoms with E-state index in [4.69, 9.17) is 5.53 Å². The molecule has 0 aliphatic rings. The summed E-state index contributed by atoms with van der Waals surface area (Å²) in [6, 6.07) is 9.57. The van der Waals surface area contributed by atoms with Crippen LogP contribution in [0.1, 0.15) is 0 Å². The summed E-state index contributed by atoms with van der Waals surface area (Å²) in [7, 11) is 1.79. The Kier molecular flexibility index (Phi) is 2.54. The molecule has 0 amide bonds. The molecule has 0 radical (unpaired) electrons. The van der Waals surface area contributed by atoms with Gasteiger partial charge in [0.25, 0.3) is 0 Å². The van der Waals surface area contributed by atoms with Gasteiger partial charge in [0, 0.05) is 17.5 Å². The summed E-state index contributed by atoms with van der Waals surface area (Å²) in [6.45, 7) is 0. The van der Waals surface area contributed by atoms with Gasteiger partial charge < -0.3 is 0 Å². The van der Waals surface area contributed by atoms with Crippen LogP contribution in [0.3, 0.4) is 0 Å². The summed E-state index contributed by atoms with van der Waals surface area (Å²) in [6.07, 6.45) is 1.60. The minimum Gasteiger partial charge on any atom is -0.264 e. The Balaban J connectivity index is 2.15. The molecule has 4 aromatic rings. The van der Waals surface area contributed by atoms with Crippen molar-refractivity contribution in [1.82, 2.24) is 29.6 Å². The van der Waals surface area contributed by atoms with Crippen molar-refractivity contribution in [3.63, 3.8) is 0 Å². The third-order valence-corrected chi connectivity index (χ3v) is 3.40. The average molecular weight is 291 g/mol. The fourth-order valence-corrected chi connectivity index (χ4v) is 2.42. The molecule has 106 valence electrons. The van der Waals surface area contributed by atoms with Gasteiger partial charge >= 0.3 is 0 Å². The SMILES string of the molecule is Cn1ncc2c(N=[N+]=[N-])nn3c(-c4ccccc4)nnc3c21. The summed E-state index contributed by atoms with van der Waals surface area (Å²) in [5.41, 5.74) is 10.9. The van der Waals surface area contributed by atoms with E-state index in [1.165, 1.54) is 0 Å². The van der Waals surface area contributed by atoms with Gasteiger partial charge in [-0.3, -0.25) is 4.68 Å². The van der Waals surface area contributed by atoms with Crippen LogP contribution in [0.15, 0.2) is 41.6 Å². The Morgan fingerprint density at radius 1 is 1.18 bits per heavy atom. The maximum atomic E-state index is 8.75. The van der Waals surface area contributed by atoms with E-state index in [-0.39, 0.29) is 5.82 Å². The zero-order valence-corrected chi connectivity index (χ0v) is 11.5. The molecule has 0 N–H and O–H groups in total. The fourth-order valence-electron chi connectivity index (χ4n) is 2.42.